The van der Waals surface area contributed by atoms with Crippen LogP contribution in [-0.4, -0.2) is 18.2 Å². The zero-order chi connectivity index (χ0) is 13.9. The van der Waals surface area contributed by atoms with Gasteiger partial charge in [0.1, 0.15) is 11.4 Å². The molecule has 0 bridgehead atoms. The molecule has 0 saturated heterocycles. The summed E-state index contributed by atoms with van der Waals surface area (Å²) in [7, 11) is 0. The summed E-state index contributed by atoms with van der Waals surface area (Å²) in [5.74, 6) is 0.804. The first kappa shape index (κ1) is 13.7. The Morgan fingerprint density at radius 2 is 2.21 bits per heavy atom. The molecule has 0 fully saturated rings. The van der Waals surface area contributed by atoms with Crippen LogP contribution in [0.3, 0.4) is 0 Å². The number of nitrogens with one attached hydrogen (secondary N) is 2. The standard InChI is InChI=1S/C15H22N2O2/c1-4-5-9-16-14(18)17-12-8-6-7-11-10-15(2,3)19-13(11)12/h6-8H,4-5,9-10H2,1-3H3,(H2,16,17,18). The lowest BCUT2D eigenvalue weighted by molar-refractivity contribution is 0.139. The summed E-state index contributed by atoms with van der Waals surface area (Å²) in [6.07, 6.45) is 2.93. The van der Waals surface area contributed by atoms with Crippen molar-refractivity contribution in [1.82, 2.24) is 5.32 Å². The van der Waals surface area contributed by atoms with Crippen molar-refractivity contribution in [2.45, 2.75) is 45.6 Å². The molecule has 19 heavy (non-hydrogen) atoms. The maximum Gasteiger partial charge on any atom is 0.319 e. The van der Waals surface area contributed by atoms with Gasteiger partial charge < -0.3 is 15.4 Å². The Morgan fingerprint density at radius 1 is 1.42 bits per heavy atom. The number of carbonyl (C=O) groups excluding carboxylic acids is 1. The lowest BCUT2D eigenvalue weighted by Crippen LogP contribution is -2.30. The van der Waals surface area contributed by atoms with Gasteiger partial charge in [-0.1, -0.05) is 25.5 Å². The van der Waals surface area contributed by atoms with Crippen LogP contribution in [0.5, 0.6) is 5.75 Å². The van der Waals surface area contributed by atoms with E-state index in [2.05, 4.69) is 31.4 Å². The molecule has 1 aromatic carbocycles. The van der Waals surface area contributed by atoms with Crippen LogP contribution in [0.15, 0.2) is 18.2 Å². The number of unbranched alkanes of at least 4 members (excludes halogenated alkanes) is 1. The van der Waals surface area contributed by atoms with Gasteiger partial charge in [-0.05, 0) is 26.3 Å². The van der Waals surface area contributed by atoms with Crippen molar-refractivity contribution in [1.29, 1.82) is 0 Å². The Hall–Kier alpha value is -1.71. The van der Waals surface area contributed by atoms with Gasteiger partial charge in [-0.25, -0.2) is 4.79 Å². The maximum atomic E-state index is 11.8. The minimum Gasteiger partial charge on any atom is -0.485 e. The molecule has 1 aromatic rings. The van der Waals surface area contributed by atoms with Gasteiger partial charge in [0.2, 0.25) is 0 Å². The molecule has 1 aliphatic heterocycles. The van der Waals surface area contributed by atoms with Gasteiger partial charge >= 0.3 is 6.03 Å². The van der Waals surface area contributed by atoms with E-state index in [-0.39, 0.29) is 11.6 Å². The van der Waals surface area contributed by atoms with Crippen LogP contribution in [0.4, 0.5) is 10.5 Å². The lowest BCUT2D eigenvalue weighted by atomic mass is 10.0. The molecular weight excluding hydrogens is 240 g/mol. The first-order valence-electron chi connectivity index (χ1n) is 6.87. The van der Waals surface area contributed by atoms with Crippen molar-refractivity contribution >= 4 is 11.7 Å². The van der Waals surface area contributed by atoms with Gasteiger partial charge in [0.15, 0.2) is 0 Å². The number of hydrogen-bond acceptors (Lipinski definition) is 2. The van der Waals surface area contributed by atoms with Crippen molar-refractivity contribution < 1.29 is 9.53 Å². The molecule has 0 saturated carbocycles. The highest BCUT2D eigenvalue weighted by Gasteiger charge is 2.31. The number of amides is 2. The molecule has 1 heterocycles. The van der Waals surface area contributed by atoms with E-state index in [1.165, 1.54) is 0 Å². The third-order valence-electron chi connectivity index (χ3n) is 3.16. The highest BCUT2D eigenvalue weighted by Crippen LogP contribution is 2.40. The van der Waals surface area contributed by atoms with Crippen molar-refractivity contribution in [2.24, 2.45) is 0 Å². The van der Waals surface area contributed by atoms with Gasteiger partial charge in [-0.3, -0.25) is 0 Å². The van der Waals surface area contributed by atoms with Crippen molar-refractivity contribution in [3.05, 3.63) is 23.8 Å². The van der Waals surface area contributed by atoms with E-state index in [0.29, 0.717) is 6.54 Å². The molecule has 2 amide bonds. The third-order valence-corrected chi connectivity index (χ3v) is 3.16. The number of urea groups is 1. The number of benzene rings is 1. The Bertz CT molecular complexity index is 469. The van der Waals surface area contributed by atoms with Crippen LogP contribution in [0, 0.1) is 0 Å². The summed E-state index contributed by atoms with van der Waals surface area (Å²) in [4.78, 5) is 11.8. The zero-order valence-electron chi connectivity index (χ0n) is 11.9. The molecule has 0 spiro atoms. The largest absolute Gasteiger partial charge is 0.485 e. The zero-order valence-corrected chi connectivity index (χ0v) is 11.9. The van der Waals surface area contributed by atoms with Crippen LogP contribution >= 0.6 is 0 Å². The fourth-order valence-corrected chi connectivity index (χ4v) is 2.26. The summed E-state index contributed by atoms with van der Waals surface area (Å²) in [6.45, 7) is 6.90. The smallest absolute Gasteiger partial charge is 0.319 e. The second-order valence-corrected chi connectivity index (χ2v) is 5.57. The predicted molar refractivity (Wildman–Crippen MR) is 76.8 cm³/mol. The quantitative estimate of drug-likeness (QED) is 0.818. The van der Waals surface area contributed by atoms with Gasteiger partial charge in [-0.2, -0.15) is 0 Å². The average Bonchev–Trinajstić information content (AvgIpc) is 2.65. The lowest BCUT2D eigenvalue weighted by Gasteiger charge is -2.18. The van der Waals surface area contributed by atoms with Gasteiger partial charge in [0, 0.05) is 18.5 Å². The molecule has 104 valence electrons. The Labute approximate surface area is 114 Å². The van der Waals surface area contributed by atoms with Crippen LogP contribution in [0.2, 0.25) is 0 Å². The molecule has 0 atom stereocenters. The van der Waals surface area contributed by atoms with Crippen molar-refractivity contribution in [2.75, 3.05) is 11.9 Å². The normalized spacial score (nSPS) is 15.5. The van der Waals surface area contributed by atoms with Gasteiger partial charge in [0.25, 0.3) is 0 Å². The predicted octanol–water partition coefficient (Wildman–Crippen LogP) is 3.32. The van der Waals surface area contributed by atoms with Crippen LogP contribution < -0.4 is 15.4 Å². The molecule has 1 aliphatic rings. The Balaban J connectivity index is 2.03. The summed E-state index contributed by atoms with van der Waals surface area (Å²) in [5, 5.41) is 5.70. The van der Waals surface area contributed by atoms with Crippen molar-refractivity contribution in [3.63, 3.8) is 0 Å². The molecule has 4 heteroatoms. The number of para-hydroxylation sites is 1. The van der Waals surface area contributed by atoms with Gasteiger partial charge in [-0.15, -0.1) is 0 Å². The highest BCUT2D eigenvalue weighted by molar-refractivity contribution is 5.91. The summed E-state index contributed by atoms with van der Waals surface area (Å²) in [5.41, 5.74) is 1.70. The monoisotopic (exact) mass is 262 g/mol. The SMILES string of the molecule is CCCCNC(=O)Nc1cccc2c1OC(C)(C)C2. The molecule has 0 radical (unpaired) electrons. The minimum atomic E-state index is -0.196. The van der Waals surface area contributed by atoms with E-state index in [4.69, 9.17) is 4.74 Å². The number of rotatable bonds is 4. The van der Waals surface area contributed by atoms with Crippen LogP contribution in [-0.2, 0) is 6.42 Å². The minimum absolute atomic E-state index is 0.171. The molecule has 0 aliphatic carbocycles. The van der Waals surface area contributed by atoms with Crippen LogP contribution in [0.1, 0.15) is 39.2 Å². The Kier molecular flexibility index (Phi) is 3.98. The van der Waals surface area contributed by atoms with E-state index in [1.54, 1.807) is 0 Å². The maximum absolute atomic E-state index is 11.8. The average molecular weight is 262 g/mol. The fraction of sp³-hybridized carbons (Fsp3) is 0.533. The first-order valence-corrected chi connectivity index (χ1v) is 6.87. The highest BCUT2D eigenvalue weighted by atomic mass is 16.5. The number of fused-ring (bicyclic) bond motifs is 1. The summed E-state index contributed by atoms with van der Waals surface area (Å²) >= 11 is 0. The van der Waals surface area contributed by atoms with E-state index in [9.17, 15) is 4.79 Å². The second-order valence-electron chi connectivity index (χ2n) is 5.57. The Morgan fingerprint density at radius 3 is 2.95 bits per heavy atom. The van der Waals surface area contributed by atoms with Gasteiger partial charge in [0.05, 0.1) is 5.69 Å². The summed E-state index contributed by atoms with van der Waals surface area (Å²) < 4.78 is 5.91. The molecule has 0 aromatic heterocycles. The van der Waals surface area contributed by atoms with Crippen molar-refractivity contribution in [3.8, 4) is 5.75 Å². The molecule has 4 nitrogen and oxygen atoms in total. The van der Waals surface area contributed by atoms with E-state index in [1.807, 2.05) is 18.2 Å². The third kappa shape index (κ3) is 3.40. The number of hydrogen-bond donors (Lipinski definition) is 2. The summed E-state index contributed by atoms with van der Waals surface area (Å²) in [6, 6.07) is 5.70. The first-order chi connectivity index (χ1) is 9.02. The number of carbonyl (C=O) groups is 1. The topological polar surface area (TPSA) is 50.4 Å². The molecule has 2 N–H and O–H groups in total. The van der Waals surface area contributed by atoms with E-state index < -0.39 is 0 Å². The van der Waals surface area contributed by atoms with E-state index >= 15 is 0 Å². The molecular formula is C15H22N2O2. The molecule has 0 unspecified atom stereocenters. The fourth-order valence-electron chi connectivity index (χ4n) is 2.26. The van der Waals surface area contributed by atoms with E-state index in [0.717, 1.165) is 36.3 Å². The molecule has 2 rings (SSSR count). The van der Waals surface area contributed by atoms with Crippen LogP contribution in [0.25, 0.3) is 0 Å². The second kappa shape index (κ2) is 5.51. The number of ether oxygens (including phenoxy) is 1. The number of anilines is 1.